The second kappa shape index (κ2) is 7.99. The lowest BCUT2D eigenvalue weighted by Crippen LogP contribution is -2.56. The first kappa shape index (κ1) is 17.8. The number of rotatable bonds is 3. The molecule has 4 heteroatoms. The highest BCUT2D eigenvalue weighted by atomic mass is 16.2. The maximum atomic E-state index is 12.8. The van der Waals surface area contributed by atoms with E-state index in [4.69, 9.17) is 0 Å². The molecule has 1 atom stereocenters. The van der Waals surface area contributed by atoms with Gasteiger partial charge in [0.05, 0.1) is 0 Å². The van der Waals surface area contributed by atoms with E-state index in [-0.39, 0.29) is 0 Å². The van der Waals surface area contributed by atoms with E-state index in [2.05, 4.69) is 45.9 Å². The van der Waals surface area contributed by atoms with Gasteiger partial charge in [0, 0.05) is 56.9 Å². The van der Waals surface area contributed by atoms with Gasteiger partial charge >= 0.3 is 0 Å². The fraction of sp³-hybridized carbons (Fsp3) is 0.682. The van der Waals surface area contributed by atoms with Crippen molar-refractivity contribution in [3.8, 4) is 0 Å². The molecule has 0 spiro atoms. The van der Waals surface area contributed by atoms with E-state index in [0.29, 0.717) is 17.9 Å². The molecular weight excluding hydrogens is 322 g/mol. The van der Waals surface area contributed by atoms with Gasteiger partial charge in [0.15, 0.2) is 0 Å². The summed E-state index contributed by atoms with van der Waals surface area (Å²) in [5.74, 6) is 0.775. The van der Waals surface area contributed by atoms with Gasteiger partial charge in [-0.25, -0.2) is 0 Å². The third-order valence-corrected chi connectivity index (χ3v) is 6.70. The zero-order chi connectivity index (χ0) is 17.9. The topological polar surface area (TPSA) is 26.8 Å². The van der Waals surface area contributed by atoms with Crippen molar-refractivity contribution in [1.29, 1.82) is 0 Å². The first-order valence-electron chi connectivity index (χ1n) is 10.6. The van der Waals surface area contributed by atoms with Crippen molar-refractivity contribution < 1.29 is 4.79 Å². The zero-order valence-electron chi connectivity index (χ0n) is 16.2. The molecule has 3 aliphatic rings. The summed E-state index contributed by atoms with van der Waals surface area (Å²) < 4.78 is 0. The van der Waals surface area contributed by atoms with Gasteiger partial charge in [-0.15, -0.1) is 0 Å². The fourth-order valence-electron chi connectivity index (χ4n) is 5.13. The number of para-hydroxylation sites is 1. The third kappa shape index (κ3) is 3.75. The Labute approximate surface area is 158 Å². The Morgan fingerprint density at radius 2 is 1.65 bits per heavy atom. The maximum Gasteiger partial charge on any atom is 0.225 e. The Balaban J connectivity index is 1.32. The van der Waals surface area contributed by atoms with Crippen molar-refractivity contribution in [3.63, 3.8) is 0 Å². The number of likely N-dealkylation sites (tertiary alicyclic amines) is 1. The minimum Gasteiger partial charge on any atom is -0.369 e. The molecule has 142 valence electrons. The summed E-state index contributed by atoms with van der Waals surface area (Å²) in [4.78, 5) is 20.2. The van der Waals surface area contributed by atoms with Crippen LogP contribution in [0.25, 0.3) is 0 Å². The zero-order valence-corrected chi connectivity index (χ0v) is 16.2. The summed E-state index contributed by atoms with van der Waals surface area (Å²) >= 11 is 0. The number of amides is 1. The summed E-state index contributed by atoms with van der Waals surface area (Å²) in [5, 5.41) is 0. The number of piperazine rings is 1. The molecule has 4 rings (SSSR count). The van der Waals surface area contributed by atoms with Crippen molar-refractivity contribution >= 4 is 11.6 Å². The molecule has 1 aromatic carbocycles. The molecule has 26 heavy (non-hydrogen) atoms. The first-order chi connectivity index (χ1) is 12.7. The van der Waals surface area contributed by atoms with Crippen LogP contribution >= 0.6 is 0 Å². The van der Waals surface area contributed by atoms with E-state index in [9.17, 15) is 4.79 Å². The lowest BCUT2D eigenvalue weighted by Gasteiger charge is -2.44. The second-order valence-corrected chi connectivity index (χ2v) is 8.37. The molecule has 1 aliphatic carbocycles. The Morgan fingerprint density at radius 1 is 0.923 bits per heavy atom. The monoisotopic (exact) mass is 355 g/mol. The van der Waals surface area contributed by atoms with Gasteiger partial charge < -0.3 is 9.80 Å². The molecule has 0 radical (unpaired) electrons. The summed E-state index contributed by atoms with van der Waals surface area (Å²) in [6.07, 6.45) is 7.15. The molecule has 2 aliphatic heterocycles. The summed E-state index contributed by atoms with van der Waals surface area (Å²) in [5.41, 5.74) is 2.75. The Morgan fingerprint density at radius 3 is 2.38 bits per heavy atom. The quantitative estimate of drug-likeness (QED) is 0.832. The smallest absolute Gasteiger partial charge is 0.225 e. The molecule has 0 bridgehead atoms. The first-order valence-corrected chi connectivity index (χ1v) is 10.6. The number of hydrogen-bond acceptors (Lipinski definition) is 3. The minimum absolute atomic E-state index is 0.326. The van der Waals surface area contributed by atoms with Crippen molar-refractivity contribution in [3.05, 3.63) is 29.8 Å². The third-order valence-electron chi connectivity index (χ3n) is 6.70. The number of aryl methyl sites for hydroxylation is 1. The standard InChI is InChI=1S/C22H33N3O/c1-18-7-2-5-11-21(18)24-15-13-23(14-16-24)20-10-6-12-25(17-20)22(26)19-8-3-4-9-19/h2,5,7,11,19-20H,3-4,6,8-10,12-17H2,1H3/t20-/m1/s1. The molecule has 4 nitrogen and oxygen atoms in total. The molecule has 2 saturated heterocycles. The second-order valence-electron chi connectivity index (χ2n) is 8.37. The van der Waals surface area contributed by atoms with Gasteiger partial charge in [-0.3, -0.25) is 9.69 Å². The number of piperidine rings is 1. The van der Waals surface area contributed by atoms with E-state index >= 15 is 0 Å². The van der Waals surface area contributed by atoms with Crippen LogP contribution in [0.5, 0.6) is 0 Å². The largest absolute Gasteiger partial charge is 0.369 e. The molecule has 2 heterocycles. The van der Waals surface area contributed by atoms with Crippen molar-refractivity contribution in [2.45, 2.75) is 51.5 Å². The van der Waals surface area contributed by atoms with Crippen LogP contribution in [0.4, 0.5) is 5.69 Å². The predicted octanol–water partition coefficient (Wildman–Crippen LogP) is 3.30. The molecule has 1 saturated carbocycles. The van der Waals surface area contributed by atoms with Crippen molar-refractivity contribution in [1.82, 2.24) is 9.80 Å². The van der Waals surface area contributed by atoms with E-state index in [1.807, 2.05) is 0 Å². The van der Waals surface area contributed by atoms with Crippen LogP contribution in [-0.4, -0.2) is 61.0 Å². The predicted molar refractivity (Wildman–Crippen MR) is 107 cm³/mol. The van der Waals surface area contributed by atoms with Gasteiger partial charge in [0.1, 0.15) is 0 Å². The SMILES string of the molecule is Cc1ccccc1N1CCN([C@@H]2CCCN(C(=O)C3CCCC3)C2)CC1. The number of anilines is 1. The van der Waals surface area contributed by atoms with Crippen LogP contribution in [0.1, 0.15) is 44.1 Å². The highest BCUT2D eigenvalue weighted by molar-refractivity contribution is 5.79. The maximum absolute atomic E-state index is 12.8. The average Bonchev–Trinajstić information content (AvgIpc) is 3.23. The normalized spacial score (nSPS) is 25.7. The van der Waals surface area contributed by atoms with Crippen LogP contribution in [0.15, 0.2) is 24.3 Å². The molecule has 0 N–H and O–H groups in total. The van der Waals surface area contributed by atoms with E-state index in [1.165, 1.54) is 36.9 Å². The lowest BCUT2D eigenvalue weighted by atomic mass is 9.99. The van der Waals surface area contributed by atoms with Crippen molar-refractivity contribution in [2.75, 3.05) is 44.2 Å². The van der Waals surface area contributed by atoms with E-state index < -0.39 is 0 Å². The Bertz CT molecular complexity index is 618. The average molecular weight is 356 g/mol. The highest BCUT2D eigenvalue weighted by Crippen LogP contribution is 2.29. The number of carbonyl (C=O) groups is 1. The van der Waals surface area contributed by atoms with Gasteiger partial charge in [-0.1, -0.05) is 31.0 Å². The van der Waals surface area contributed by atoms with Gasteiger partial charge in [0.2, 0.25) is 5.91 Å². The van der Waals surface area contributed by atoms with E-state index in [1.54, 1.807) is 0 Å². The van der Waals surface area contributed by atoms with E-state index in [0.717, 1.165) is 52.1 Å². The molecule has 1 aromatic rings. The minimum atomic E-state index is 0.326. The van der Waals surface area contributed by atoms with Crippen LogP contribution in [0.2, 0.25) is 0 Å². The molecular formula is C22H33N3O. The van der Waals surface area contributed by atoms with Crippen LogP contribution in [0.3, 0.4) is 0 Å². The van der Waals surface area contributed by atoms with Gasteiger partial charge in [-0.2, -0.15) is 0 Å². The molecule has 3 fully saturated rings. The number of nitrogens with zero attached hydrogens (tertiary/aromatic N) is 3. The molecule has 0 unspecified atom stereocenters. The van der Waals surface area contributed by atoms with Crippen LogP contribution < -0.4 is 4.90 Å². The van der Waals surface area contributed by atoms with Crippen molar-refractivity contribution in [2.24, 2.45) is 5.92 Å². The highest BCUT2D eigenvalue weighted by Gasteiger charge is 2.33. The van der Waals surface area contributed by atoms with Gasteiger partial charge in [-0.05, 0) is 44.2 Å². The van der Waals surface area contributed by atoms with Gasteiger partial charge in [0.25, 0.3) is 0 Å². The molecule has 1 amide bonds. The number of hydrogen-bond donors (Lipinski definition) is 0. The molecule has 0 aromatic heterocycles. The van der Waals surface area contributed by atoms with Crippen LogP contribution in [-0.2, 0) is 4.79 Å². The van der Waals surface area contributed by atoms with Crippen LogP contribution in [0, 0.1) is 12.8 Å². The summed E-state index contributed by atoms with van der Waals surface area (Å²) in [7, 11) is 0. The fourth-order valence-corrected chi connectivity index (χ4v) is 5.13. The summed E-state index contributed by atoms with van der Waals surface area (Å²) in [6, 6.07) is 9.27. The number of carbonyl (C=O) groups excluding carboxylic acids is 1. The lowest BCUT2D eigenvalue weighted by molar-refractivity contribution is -0.137. The summed E-state index contributed by atoms with van der Waals surface area (Å²) in [6.45, 7) is 8.56. The Hall–Kier alpha value is -1.55. The Kier molecular flexibility index (Phi) is 5.49. The number of benzene rings is 1.